The van der Waals surface area contributed by atoms with Gasteiger partial charge < -0.3 is 18.0 Å². The SMILES string of the molecule is c1ccc(-c2ccc(-c3ccccc3)c(-c3ccc(-c4ccc5c(c4)oc4ccc6c7cc(-c8cccc(-c9ccc(-c%10ccccc%10)c(-c%10ccc(-c%11ccc%12oc%13ccc%14c%15ccccc%15n(-c%15ccccc%15)c%14c%13c%12c%11)c(-c%11nc(-c%12ccccc%12)nc(-c%12ccccc%12)n%11)c%10)c9)c8)ccc7n(-c7ccccc7)c6c45)c(-c4nc(-c5ccccc5)nc(-c5ccccc5)n4)c3)c2)cc1. The Labute approximate surface area is 783 Å². The molecular formula is C126H78N8O2. The standard InChI is InChI=1S/C126H78N8O2/c1-10-31-79(32-11-1)88-53-60-97(80-33-12-2-13-34-80)105(72-88)92-56-63-100(109(76-92)126-131-123(84-41-20-6-21-42-84)128-124(132-126)85-43-22-7-23-44-85)94-57-64-104-116(78-94)136-114-70-66-103-107-74-90(58-67-112(107)134(120(103)117(104)114)96-49-26-9-27-50-96)87-46-30-45-86(71-87)89-54-61-98(81-35-14-3-15-36-81)106(73-89)93-55-62-99(108(75-93)125-129-121(82-37-16-4-17-38-82)127-122(130-125)83-39-18-5-19-40-83)91-59-68-113-110(77-91)118-115(135-113)69-65-102-101-51-28-29-52-111(101)133(119(102)118)95-47-24-8-25-48-95/h1-78H. The van der Waals surface area contributed by atoms with E-state index < -0.39 is 0 Å². The summed E-state index contributed by atoms with van der Waals surface area (Å²) in [5.41, 5.74) is 33.8. The van der Waals surface area contributed by atoms with Gasteiger partial charge in [-0.05, 0) is 221 Å². The van der Waals surface area contributed by atoms with Crippen LogP contribution in [0.3, 0.4) is 0 Å². The van der Waals surface area contributed by atoms with E-state index in [-0.39, 0.29) is 0 Å². The first-order chi connectivity index (χ1) is 67.4. The van der Waals surface area contributed by atoms with Crippen molar-refractivity contribution in [1.29, 1.82) is 0 Å². The van der Waals surface area contributed by atoms with E-state index in [9.17, 15) is 0 Å². The molecule has 6 heterocycles. The summed E-state index contributed by atoms with van der Waals surface area (Å²) in [5, 5.41) is 8.61. The molecule has 0 fully saturated rings. The fourth-order valence-corrected chi connectivity index (χ4v) is 20.2. The molecule has 0 bridgehead atoms. The second kappa shape index (κ2) is 32.9. The average Bonchev–Trinajstić information content (AvgIpc) is 1.56. The summed E-state index contributed by atoms with van der Waals surface area (Å²) in [5.74, 6) is 3.39. The molecule has 0 N–H and O–H groups in total. The molecule has 0 saturated carbocycles. The number of para-hydroxylation sites is 3. The van der Waals surface area contributed by atoms with Gasteiger partial charge in [-0.1, -0.05) is 352 Å². The lowest BCUT2D eigenvalue weighted by Crippen LogP contribution is -2.01. The van der Waals surface area contributed by atoms with Crippen molar-refractivity contribution in [3.05, 3.63) is 473 Å². The molecule has 10 nitrogen and oxygen atoms in total. The monoisotopic (exact) mass is 1730 g/mol. The number of hydrogen-bond donors (Lipinski definition) is 0. The Balaban J connectivity index is 0.613. The van der Waals surface area contributed by atoms with Gasteiger partial charge >= 0.3 is 0 Å². The molecular weight excluding hydrogens is 1660 g/mol. The molecule has 136 heavy (non-hydrogen) atoms. The highest BCUT2D eigenvalue weighted by Crippen LogP contribution is 2.50. The van der Waals surface area contributed by atoms with Gasteiger partial charge in [-0.25, -0.2) is 29.9 Å². The molecule has 0 aliphatic heterocycles. The summed E-state index contributed by atoms with van der Waals surface area (Å²) < 4.78 is 18.9. The maximum atomic E-state index is 7.22. The van der Waals surface area contributed by atoms with Crippen molar-refractivity contribution in [1.82, 2.24) is 39.0 Å². The number of rotatable bonds is 17. The molecule has 26 rings (SSSR count). The van der Waals surface area contributed by atoms with Gasteiger partial charge in [0.25, 0.3) is 0 Å². The van der Waals surface area contributed by atoms with E-state index in [1.807, 2.05) is 72.8 Å². The van der Waals surface area contributed by atoms with Crippen molar-refractivity contribution >= 4 is 87.5 Å². The quantitative estimate of drug-likeness (QED) is 0.0886. The van der Waals surface area contributed by atoms with Crippen molar-refractivity contribution in [2.45, 2.75) is 0 Å². The van der Waals surface area contributed by atoms with E-state index >= 15 is 0 Å². The lowest BCUT2D eigenvalue weighted by molar-refractivity contribution is 0.669. The van der Waals surface area contributed by atoms with Crippen LogP contribution in [0.25, 0.3) is 267 Å². The summed E-state index contributed by atoms with van der Waals surface area (Å²) in [6.07, 6.45) is 0. The van der Waals surface area contributed by atoms with Gasteiger partial charge in [0.1, 0.15) is 22.3 Å². The molecule has 10 heteroatoms. The van der Waals surface area contributed by atoms with Gasteiger partial charge in [-0.3, -0.25) is 0 Å². The molecule has 0 radical (unpaired) electrons. The number of hydrogen-bond acceptors (Lipinski definition) is 8. The minimum Gasteiger partial charge on any atom is -0.456 e. The van der Waals surface area contributed by atoms with Gasteiger partial charge in [-0.15, -0.1) is 0 Å². The minimum atomic E-state index is 0.543. The van der Waals surface area contributed by atoms with Crippen molar-refractivity contribution in [2.24, 2.45) is 0 Å². The van der Waals surface area contributed by atoms with E-state index in [1.54, 1.807) is 0 Å². The predicted molar refractivity (Wildman–Crippen MR) is 558 cm³/mol. The third-order valence-corrected chi connectivity index (χ3v) is 26.7. The van der Waals surface area contributed by atoms with Crippen LogP contribution in [-0.4, -0.2) is 39.0 Å². The highest BCUT2D eigenvalue weighted by molar-refractivity contribution is 6.27. The lowest BCUT2D eigenvalue weighted by Gasteiger charge is -2.17. The van der Waals surface area contributed by atoms with E-state index in [4.69, 9.17) is 38.7 Å². The smallest absolute Gasteiger partial charge is 0.164 e. The third-order valence-electron chi connectivity index (χ3n) is 26.7. The normalized spacial score (nSPS) is 11.7. The summed E-state index contributed by atoms with van der Waals surface area (Å²) in [6.45, 7) is 0. The van der Waals surface area contributed by atoms with Crippen LogP contribution < -0.4 is 0 Å². The van der Waals surface area contributed by atoms with Crippen LogP contribution >= 0.6 is 0 Å². The van der Waals surface area contributed by atoms with Crippen LogP contribution in [0.5, 0.6) is 0 Å². The first-order valence-electron chi connectivity index (χ1n) is 45.9. The molecule has 20 aromatic carbocycles. The zero-order valence-electron chi connectivity index (χ0n) is 73.4. The largest absolute Gasteiger partial charge is 0.456 e. The number of furan rings is 2. The molecule has 0 aliphatic carbocycles. The Morgan fingerprint density at radius 2 is 0.449 bits per heavy atom. The average molecular weight is 1740 g/mol. The van der Waals surface area contributed by atoms with Crippen molar-refractivity contribution in [2.75, 3.05) is 0 Å². The topological polar surface area (TPSA) is 113 Å². The summed E-state index contributed by atoms with van der Waals surface area (Å²) in [6, 6.07) is 168. The van der Waals surface area contributed by atoms with Crippen LogP contribution in [0.1, 0.15) is 0 Å². The Bertz CT molecular complexity index is 9070. The van der Waals surface area contributed by atoms with Crippen molar-refractivity contribution < 1.29 is 8.83 Å². The van der Waals surface area contributed by atoms with Crippen LogP contribution in [0, 0.1) is 0 Å². The van der Waals surface area contributed by atoms with Crippen LogP contribution in [-0.2, 0) is 0 Å². The number of fused-ring (bicyclic) bond motifs is 14. The van der Waals surface area contributed by atoms with Gasteiger partial charge in [0.15, 0.2) is 34.9 Å². The number of benzene rings is 20. The highest BCUT2D eigenvalue weighted by atomic mass is 16.3. The van der Waals surface area contributed by atoms with Crippen LogP contribution in [0.2, 0.25) is 0 Å². The van der Waals surface area contributed by atoms with Gasteiger partial charge in [-0.2, -0.15) is 0 Å². The Hall–Kier alpha value is -18.4. The Kier molecular flexibility index (Phi) is 19.0. The van der Waals surface area contributed by atoms with Gasteiger partial charge in [0.05, 0.1) is 32.8 Å². The van der Waals surface area contributed by atoms with Gasteiger partial charge in [0, 0.05) is 77.1 Å². The van der Waals surface area contributed by atoms with E-state index in [0.29, 0.717) is 34.9 Å². The first-order valence-corrected chi connectivity index (χ1v) is 45.9. The number of aromatic nitrogens is 8. The third kappa shape index (κ3) is 13.8. The molecule has 0 unspecified atom stereocenters. The fraction of sp³-hybridized carbons (Fsp3) is 0. The maximum Gasteiger partial charge on any atom is 0.164 e. The second-order valence-corrected chi connectivity index (χ2v) is 34.7. The van der Waals surface area contributed by atoms with E-state index in [0.717, 1.165) is 227 Å². The van der Waals surface area contributed by atoms with Crippen LogP contribution in [0.15, 0.2) is 482 Å². The van der Waals surface area contributed by atoms with Crippen molar-refractivity contribution in [3.63, 3.8) is 0 Å². The molecule has 0 amide bonds. The van der Waals surface area contributed by atoms with E-state index in [1.165, 1.54) is 5.39 Å². The summed E-state index contributed by atoms with van der Waals surface area (Å²) in [4.78, 5) is 32.3. The highest BCUT2D eigenvalue weighted by Gasteiger charge is 2.28. The summed E-state index contributed by atoms with van der Waals surface area (Å²) in [7, 11) is 0. The molecule has 6 aromatic heterocycles. The number of nitrogens with zero attached hydrogens (tertiary/aromatic N) is 8. The molecule has 0 saturated heterocycles. The Morgan fingerprint density at radius 1 is 0.147 bits per heavy atom. The summed E-state index contributed by atoms with van der Waals surface area (Å²) >= 11 is 0. The molecule has 0 spiro atoms. The minimum absolute atomic E-state index is 0.543. The molecule has 634 valence electrons. The van der Waals surface area contributed by atoms with Gasteiger partial charge in [0.2, 0.25) is 0 Å². The lowest BCUT2D eigenvalue weighted by atomic mass is 9.88. The fourth-order valence-electron chi connectivity index (χ4n) is 20.2. The molecule has 26 aromatic rings. The molecule has 0 atom stereocenters. The van der Waals surface area contributed by atoms with E-state index in [2.05, 4.69) is 410 Å². The molecule has 0 aliphatic rings. The first kappa shape index (κ1) is 78.6. The zero-order valence-corrected chi connectivity index (χ0v) is 73.4. The van der Waals surface area contributed by atoms with Crippen LogP contribution in [0.4, 0.5) is 0 Å². The maximum absolute atomic E-state index is 7.22. The predicted octanol–water partition coefficient (Wildman–Crippen LogP) is 33.1. The van der Waals surface area contributed by atoms with Crippen molar-refractivity contribution in [3.8, 4) is 180 Å². The zero-order chi connectivity index (χ0) is 89.7. The second-order valence-electron chi connectivity index (χ2n) is 34.7. The Morgan fingerprint density at radius 3 is 0.934 bits per heavy atom.